The van der Waals surface area contributed by atoms with Gasteiger partial charge in [0, 0.05) is 23.5 Å². The molecule has 0 spiro atoms. The number of piperidine rings is 1. The number of hydrogen-bond acceptors (Lipinski definition) is 4. The van der Waals surface area contributed by atoms with Gasteiger partial charge in [0.25, 0.3) is 5.91 Å². The molecule has 2 amide bonds. The maximum atomic E-state index is 14.2. The van der Waals surface area contributed by atoms with Gasteiger partial charge in [-0.2, -0.15) is 0 Å². The molecule has 31 heavy (non-hydrogen) atoms. The highest BCUT2D eigenvalue weighted by molar-refractivity contribution is 8.00. The maximum absolute atomic E-state index is 14.2. The second-order valence-electron chi connectivity index (χ2n) is 8.24. The van der Waals surface area contributed by atoms with E-state index in [2.05, 4.69) is 19.2 Å². The zero-order chi connectivity index (χ0) is 22.5. The van der Waals surface area contributed by atoms with Crippen molar-refractivity contribution in [2.24, 2.45) is 11.8 Å². The Morgan fingerprint density at radius 2 is 1.77 bits per heavy atom. The summed E-state index contributed by atoms with van der Waals surface area (Å²) in [5.41, 5.74) is 1.20. The van der Waals surface area contributed by atoms with Crippen LogP contribution in [0.2, 0.25) is 0 Å². The van der Waals surface area contributed by atoms with Crippen LogP contribution in [0.4, 0.5) is 10.1 Å². The summed E-state index contributed by atoms with van der Waals surface area (Å²) in [7, 11) is 0. The van der Waals surface area contributed by atoms with Gasteiger partial charge >= 0.3 is 0 Å². The summed E-state index contributed by atoms with van der Waals surface area (Å²) in [6.07, 6.45) is 1.10. The normalized spacial score (nSPS) is 18.5. The van der Waals surface area contributed by atoms with Crippen LogP contribution in [0, 0.1) is 17.7 Å². The number of hydrogen-bond donors (Lipinski definition) is 1. The zero-order valence-electron chi connectivity index (χ0n) is 18.0. The van der Waals surface area contributed by atoms with Crippen LogP contribution in [0.1, 0.15) is 47.9 Å². The molecule has 0 aromatic heterocycles. The number of anilines is 1. The van der Waals surface area contributed by atoms with Crippen molar-refractivity contribution >= 4 is 35.0 Å². The summed E-state index contributed by atoms with van der Waals surface area (Å²) in [6, 6.07) is 11.2. The van der Waals surface area contributed by atoms with E-state index in [-0.39, 0.29) is 23.4 Å². The number of likely N-dealkylation sites (tertiary alicyclic amines) is 1. The summed E-state index contributed by atoms with van der Waals surface area (Å²) in [5.74, 6) is -0.309. The first kappa shape index (κ1) is 23.0. The van der Waals surface area contributed by atoms with Crippen LogP contribution in [0.15, 0.2) is 47.4 Å². The van der Waals surface area contributed by atoms with Gasteiger partial charge in [-0.1, -0.05) is 32.0 Å². The Kier molecular flexibility index (Phi) is 7.49. The number of Topliss-reactive ketones (excluding diaryl/α,β-unsaturated/α-hetero) is 1. The van der Waals surface area contributed by atoms with E-state index in [1.165, 1.54) is 19.1 Å². The number of amides is 2. The fourth-order valence-electron chi connectivity index (χ4n) is 3.94. The van der Waals surface area contributed by atoms with E-state index in [1.54, 1.807) is 30.3 Å². The molecule has 3 rings (SSSR count). The molecule has 2 aromatic carbocycles. The smallest absolute Gasteiger partial charge is 0.255 e. The number of halogens is 1. The van der Waals surface area contributed by atoms with Crippen molar-refractivity contribution in [1.82, 2.24) is 4.90 Å². The predicted molar refractivity (Wildman–Crippen MR) is 121 cm³/mol. The highest BCUT2D eigenvalue weighted by Crippen LogP contribution is 2.26. The fraction of sp³-hybridized carbons (Fsp3) is 0.375. The number of carbonyl (C=O) groups is 3. The van der Waals surface area contributed by atoms with Crippen molar-refractivity contribution in [3.63, 3.8) is 0 Å². The Morgan fingerprint density at radius 3 is 2.42 bits per heavy atom. The van der Waals surface area contributed by atoms with Crippen LogP contribution in [-0.4, -0.2) is 41.3 Å². The minimum Gasteiger partial charge on any atom is -0.338 e. The van der Waals surface area contributed by atoms with Gasteiger partial charge in [0.1, 0.15) is 5.82 Å². The molecule has 0 aliphatic carbocycles. The molecule has 1 aliphatic rings. The van der Waals surface area contributed by atoms with Crippen molar-refractivity contribution < 1.29 is 18.8 Å². The lowest BCUT2D eigenvalue weighted by Gasteiger charge is -2.35. The Morgan fingerprint density at radius 1 is 1.10 bits per heavy atom. The molecule has 1 N–H and O–H groups in total. The van der Waals surface area contributed by atoms with Gasteiger partial charge in [0.15, 0.2) is 5.78 Å². The van der Waals surface area contributed by atoms with Crippen molar-refractivity contribution in [2.45, 2.75) is 32.1 Å². The summed E-state index contributed by atoms with van der Waals surface area (Å²) >= 11 is 1.04. The zero-order valence-corrected chi connectivity index (χ0v) is 18.8. The Bertz CT molecular complexity index is 985. The van der Waals surface area contributed by atoms with Crippen LogP contribution in [-0.2, 0) is 4.79 Å². The molecular formula is C24H27FN2O3S. The van der Waals surface area contributed by atoms with Gasteiger partial charge in [-0.15, -0.1) is 11.8 Å². The minimum absolute atomic E-state index is 0.0172. The summed E-state index contributed by atoms with van der Waals surface area (Å²) in [5, 5.41) is 2.79. The molecule has 2 aromatic rings. The Balaban J connectivity index is 1.66. The van der Waals surface area contributed by atoms with Crippen LogP contribution in [0.5, 0.6) is 0 Å². The lowest BCUT2D eigenvalue weighted by atomic mass is 9.91. The molecule has 0 saturated carbocycles. The molecule has 1 heterocycles. The average molecular weight is 443 g/mol. The van der Waals surface area contributed by atoms with Gasteiger partial charge in [-0.05, 0) is 49.4 Å². The van der Waals surface area contributed by atoms with Crippen LogP contribution < -0.4 is 5.32 Å². The third-order valence-electron chi connectivity index (χ3n) is 5.28. The van der Waals surface area contributed by atoms with Crippen LogP contribution in [0.25, 0.3) is 0 Å². The maximum Gasteiger partial charge on any atom is 0.255 e. The molecule has 1 aliphatic heterocycles. The van der Waals surface area contributed by atoms with Crippen molar-refractivity contribution in [3.8, 4) is 0 Å². The Hall–Kier alpha value is -2.67. The number of benzene rings is 2. The first-order valence-corrected chi connectivity index (χ1v) is 11.3. The third-order valence-corrected chi connectivity index (χ3v) is 6.33. The lowest BCUT2D eigenvalue weighted by molar-refractivity contribution is -0.113. The lowest BCUT2D eigenvalue weighted by Crippen LogP contribution is -2.42. The quantitative estimate of drug-likeness (QED) is 0.512. The molecule has 2 atom stereocenters. The summed E-state index contributed by atoms with van der Waals surface area (Å²) in [6.45, 7) is 7.07. The monoisotopic (exact) mass is 442 g/mol. The minimum atomic E-state index is -0.533. The van der Waals surface area contributed by atoms with Gasteiger partial charge < -0.3 is 10.2 Å². The van der Waals surface area contributed by atoms with E-state index in [9.17, 15) is 18.8 Å². The first-order chi connectivity index (χ1) is 14.7. The number of ketones is 1. The van der Waals surface area contributed by atoms with Gasteiger partial charge in [-0.3, -0.25) is 14.4 Å². The number of thioether (sulfide) groups is 1. The topological polar surface area (TPSA) is 66.5 Å². The van der Waals surface area contributed by atoms with E-state index in [1.807, 2.05) is 4.90 Å². The summed E-state index contributed by atoms with van der Waals surface area (Å²) in [4.78, 5) is 39.1. The van der Waals surface area contributed by atoms with Gasteiger partial charge in [-0.25, -0.2) is 4.39 Å². The highest BCUT2D eigenvalue weighted by atomic mass is 32.2. The third kappa shape index (κ3) is 5.94. The van der Waals surface area contributed by atoms with E-state index >= 15 is 0 Å². The molecule has 164 valence electrons. The fourth-order valence-corrected chi connectivity index (χ4v) is 4.66. The van der Waals surface area contributed by atoms with E-state index in [0.717, 1.165) is 18.2 Å². The molecule has 1 saturated heterocycles. The number of para-hydroxylation sites is 1. The molecule has 0 radical (unpaired) electrons. The van der Waals surface area contributed by atoms with E-state index < -0.39 is 5.82 Å². The van der Waals surface area contributed by atoms with Crippen molar-refractivity contribution in [3.05, 3.63) is 59.4 Å². The molecule has 0 bridgehead atoms. The Labute approximate surface area is 186 Å². The second kappa shape index (κ2) is 10.1. The predicted octanol–water partition coefficient (Wildman–Crippen LogP) is 4.88. The first-order valence-electron chi connectivity index (χ1n) is 10.4. The number of carbonyl (C=O) groups excluding carboxylic acids is 3. The largest absolute Gasteiger partial charge is 0.338 e. The average Bonchev–Trinajstić information content (AvgIpc) is 2.72. The highest BCUT2D eigenvalue weighted by Gasteiger charge is 2.27. The molecular weight excluding hydrogens is 415 g/mol. The number of rotatable bonds is 6. The molecule has 5 nitrogen and oxygen atoms in total. The molecule has 7 heteroatoms. The van der Waals surface area contributed by atoms with Crippen LogP contribution >= 0.6 is 11.8 Å². The summed E-state index contributed by atoms with van der Waals surface area (Å²) < 4.78 is 14.2. The van der Waals surface area contributed by atoms with Crippen molar-refractivity contribution in [1.29, 1.82) is 0 Å². The molecule has 2 unspecified atom stereocenters. The standard InChI is InChI=1S/C24H27FN2O3S/c1-15-10-16(2)13-27(12-15)24(30)19-6-4-5-7-21(19)26-23(29)14-31-22-9-8-18(17(3)28)11-20(22)25/h4-9,11,15-16H,10,12-14H2,1-3H3,(H,26,29). The van der Waals surface area contributed by atoms with E-state index in [4.69, 9.17) is 0 Å². The second-order valence-corrected chi connectivity index (χ2v) is 9.26. The van der Waals surface area contributed by atoms with Gasteiger partial charge in [0.2, 0.25) is 5.91 Å². The van der Waals surface area contributed by atoms with Gasteiger partial charge in [0.05, 0.1) is 17.0 Å². The van der Waals surface area contributed by atoms with E-state index in [0.29, 0.717) is 46.6 Å². The van der Waals surface area contributed by atoms with Crippen molar-refractivity contribution in [2.75, 3.05) is 24.2 Å². The number of nitrogens with one attached hydrogen (secondary N) is 1. The number of nitrogens with zero attached hydrogens (tertiary/aromatic N) is 1. The SMILES string of the molecule is CC(=O)c1ccc(SCC(=O)Nc2ccccc2C(=O)N2CC(C)CC(C)C2)c(F)c1. The molecule has 1 fully saturated rings. The van der Waals surface area contributed by atoms with Crippen LogP contribution in [0.3, 0.4) is 0 Å².